The summed E-state index contributed by atoms with van der Waals surface area (Å²) in [6.07, 6.45) is 6.86. The highest BCUT2D eigenvalue weighted by molar-refractivity contribution is 5.38. The van der Waals surface area contributed by atoms with Gasteiger partial charge >= 0.3 is 0 Å². The van der Waals surface area contributed by atoms with Gasteiger partial charge in [0.25, 0.3) is 0 Å². The maximum Gasteiger partial charge on any atom is 0.124 e. The van der Waals surface area contributed by atoms with Crippen LogP contribution in [0.5, 0.6) is 5.75 Å². The van der Waals surface area contributed by atoms with Crippen LogP contribution in [0.2, 0.25) is 0 Å². The molecule has 1 heterocycles. The number of fused-ring (bicyclic) bond motifs is 1. The largest absolute Gasteiger partial charge is 0.493 e. The zero-order chi connectivity index (χ0) is 11.7. The molecule has 1 aliphatic carbocycles. The normalized spacial score (nSPS) is 27.8. The molecule has 1 aromatic rings. The molecular formula is C15H19NO. The molecule has 0 spiro atoms. The number of hydrogen-bond acceptors (Lipinski definition) is 2. The summed E-state index contributed by atoms with van der Waals surface area (Å²) in [5.74, 6) is 1.58. The van der Waals surface area contributed by atoms with Gasteiger partial charge in [-0.3, -0.25) is 0 Å². The fraction of sp³-hybridized carbons (Fsp3) is 0.467. The molecule has 2 heteroatoms. The monoisotopic (exact) mass is 229 g/mol. The van der Waals surface area contributed by atoms with Gasteiger partial charge in [0.15, 0.2) is 0 Å². The number of nitrogens with one attached hydrogen (secondary N) is 1. The average Bonchev–Trinajstić information content (AvgIpc) is 2.86. The summed E-state index contributed by atoms with van der Waals surface area (Å²) in [6.45, 7) is 3.07. The Balaban J connectivity index is 1.82. The minimum Gasteiger partial charge on any atom is -0.493 e. The first kappa shape index (κ1) is 10.8. The smallest absolute Gasteiger partial charge is 0.124 e. The maximum atomic E-state index is 5.77. The second-order valence-corrected chi connectivity index (χ2v) is 5.11. The molecule has 90 valence electrons. The van der Waals surface area contributed by atoms with Crippen LogP contribution in [0.25, 0.3) is 0 Å². The van der Waals surface area contributed by atoms with E-state index in [1.807, 2.05) is 6.07 Å². The van der Waals surface area contributed by atoms with Gasteiger partial charge in [-0.25, -0.2) is 0 Å². The highest BCUT2D eigenvalue weighted by Gasteiger charge is 2.29. The van der Waals surface area contributed by atoms with Crippen molar-refractivity contribution in [1.82, 2.24) is 5.32 Å². The van der Waals surface area contributed by atoms with E-state index in [4.69, 9.17) is 4.74 Å². The van der Waals surface area contributed by atoms with Gasteiger partial charge in [-0.2, -0.15) is 0 Å². The second-order valence-electron chi connectivity index (χ2n) is 5.11. The highest BCUT2D eigenvalue weighted by atomic mass is 16.5. The van der Waals surface area contributed by atoms with E-state index < -0.39 is 0 Å². The molecule has 0 saturated carbocycles. The molecule has 2 nitrogen and oxygen atoms in total. The third-order valence-electron chi connectivity index (χ3n) is 3.75. The molecule has 0 amide bonds. The molecule has 0 saturated heterocycles. The lowest BCUT2D eigenvalue weighted by Gasteiger charge is -2.34. The van der Waals surface area contributed by atoms with E-state index in [1.165, 1.54) is 5.56 Å². The summed E-state index contributed by atoms with van der Waals surface area (Å²) in [4.78, 5) is 0. The number of para-hydroxylation sites is 1. The molecule has 2 unspecified atom stereocenters. The second kappa shape index (κ2) is 4.53. The van der Waals surface area contributed by atoms with Crippen molar-refractivity contribution in [2.24, 2.45) is 5.92 Å². The van der Waals surface area contributed by atoms with Gasteiger partial charge in [0.05, 0.1) is 6.61 Å². The van der Waals surface area contributed by atoms with Crippen LogP contribution in [-0.4, -0.2) is 12.6 Å². The lowest BCUT2D eigenvalue weighted by Crippen LogP contribution is -2.38. The van der Waals surface area contributed by atoms with Crippen molar-refractivity contribution in [2.45, 2.75) is 31.8 Å². The third kappa shape index (κ3) is 2.09. The van der Waals surface area contributed by atoms with Gasteiger partial charge in [-0.05, 0) is 18.9 Å². The Bertz CT molecular complexity index is 419. The minimum absolute atomic E-state index is 0.435. The van der Waals surface area contributed by atoms with Gasteiger partial charge in [0, 0.05) is 23.6 Å². The lowest BCUT2D eigenvalue weighted by atomic mass is 9.91. The van der Waals surface area contributed by atoms with Crippen molar-refractivity contribution in [3.63, 3.8) is 0 Å². The zero-order valence-corrected chi connectivity index (χ0v) is 10.2. The number of hydrogen-bond donors (Lipinski definition) is 1. The van der Waals surface area contributed by atoms with Crippen molar-refractivity contribution in [1.29, 1.82) is 0 Å². The Labute approximate surface area is 103 Å². The van der Waals surface area contributed by atoms with Crippen molar-refractivity contribution in [2.75, 3.05) is 6.61 Å². The van der Waals surface area contributed by atoms with Gasteiger partial charge < -0.3 is 10.1 Å². The molecule has 0 aromatic heterocycles. The molecule has 17 heavy (non-hydrogen) atoms. The summed E-state index contributed by atoms with van der Waals surface area (Å²) >= 11 is 0. The standard InChI is InChI=1S/C15H19NO/c1-11-10-17-14-9-5-4-8-13(14)15(11)16-12-6-2-3-7-12/h2-5,8-9,11-12,15-16H,6-7,10H2,1H3. The van der Waals surface area contributed by atoms with Crippen LogP contribution >= 0.6 is 0 Å². The SMILES string of the molecule is CC1COc2ccccc2C1NC1CC=CC1. The molecule has 1 aromatic carbocycles. The summed E-state index contributed by atoms with van der Waals surface area (Å²) in [7, 11) is 0. The van der Waals surface area contributed by atoms with Gasteiger partial charge in [0.2, 0.25) is 0 Å². The molecule has 0 fully saturated rings. The zero-order valence-electron chi connectivity index (χ0n) is 10.2. The molecule has 0 radical (unpaired) electrons. The minimum atomic E-state index is 0.435. The van der Waals surface area contributed by atoms with E-state index in [9.17, 15) is 0 Å². The molecule has 0 bridgehead atoms. The lowest BCUT2D eigenvalue weighted by molar-refractivity contribution is 0.181. The summed E-state index contributed by atoms with van der Waals surface area (Å²) < 4.78 is 5.77. The average molecular weight is 229 g/mol. The molecule has 2 aliphatic rings. The predicted octanol–water partition coefficient (Wildman–Crippen LogP) is 3.06. The van der Waals surface area contributed by atoms with Crippen molar-refractivity contribution < 1.29 is 4.74 Å². The van der Waals surface area contributed by atoms with E-state index in [0.29, 0.717) is 18.0 Å². The predicted molar refractivity (Wildman–Crippen MR) is 69.1 cm³/mol. The Kier molecular flexibility index (Phi) is 2.89. The van der Waals surface area contributed by atoms with E-state index in [0.717, 1.165) is 25.2 Å². The first-order valence-electron chi connectivity index (χ1n) is 6.47. The van der Waals surface area contributed by atoms with Crippen molar-refractivity contribution >= 4 is 0 Å². The van der Waals surface area contributed by atoms with Gasteiger partial charge in [0.1, 0.15) is 5.75 Å². The van der Waals surface area contributed by atoms with E-state index in [1.54, 1.807) is 0 Å². The van der Waals surface area contributed by atoms with Crippen LogP contribution in [-0.2, 0) is 0 Å². The first-order chi connectivity index (χ1) is 8.34. The number of benzene rings is 1. The summed E-state index contributed by atoms with van der Waals surface area (Å²) in [5.41, 5.74) is 1.32. The fourth-order valence-corrected chi connectivity index (χ4v) is 2.75. The Morgan fingerprint density at radius 3 is 2.76 bits per heavy atom. The van der Waals surface area contributed by atoms with Gasteiger partial charge in [-0.15, -0.1) is 0 Å². The quantitative estimate of drug-likeness (QED) is 0.787. The highest BCUT2D eigenvalue weighted by Crippen LogP contribution is 2.35. The van der Waals surface area contributed by atoms with Crippen LogP contribution in [0.15, 0.2) is 36.4 Å². The Morgan fingerprint density at radius 1 is 1.18 bits per heavy atom. The Morgan fingerprint density at radius 2 is 1.94 bits per heavy atom. The molecular weight excluding hydrogens is 210 g/mol. The summed E-state index contributed by atoms with van der Waals surface area (Å²) in [5, 5.41) is 3.78. The van der Waals surface area contributed by atoms with Crippen LogP contribution in [0.3, 0.4) is 0 Å². The van der Waals surface area contributed by atoms with Crippen molar-refractivity contribution in [3.05, 3.63) is 42.0 Å². The van der Waals surface area contributed by atoms with Gasteiger partial charge in [-0.1, -0.05) is 37.3 Å². The topological polar surface area (TPSA) is 21.3 Å². The summed E-state index contributed by atoms with van der Waals surface area (Å²) in [6, 6.07) is 9.44. The van der Waals surface area contributed by atoms with E-state index in [-0.39, 0.29) is 0 Å². The molecule has 3 rings (SSSR count). The number of rotatable bonds is 2. The maximum absolute atomic E-state index is 5.77. The first-order valence-corrected chi connectivity index (χ1v) is 6.47. The molecule has 1 aliphatic heterocycles. The van der Waals surface area contributed by atoms with E-state index >= 15 is 0 Å². The molecule has 2 atom stereocenters. The number of ether oxygens (including phenoxy) is 1. The van der Waals surface area contributed by atoms with Crippen LogP contribution in [0, 0.1) is 5.92 Å². The van der Waals surface area contributed by atoms with E-state index in [2.05, 4.69) is 42.6 Å². The van der Waals surface area contributed by atoms with Crippen molar-refractivity contribution in [3.8, 4) is 5.75 Å². The molecule has 1 N–H and O–H groups in total. The third-order valence-corrected chi connectivity index (χ3v) is 3.75. The van der Waals surface area contributed by atoms with Crippen LogP contribution in [0.4, 0.5) is 0 Å². The fourth-order valence-electron chi connectivity index (χ4n) is 2.75. The Hall–Kier alpha value is -1.28. The van der Waals surface area contributed by atoms with Crippen LogP contribution < -0.4 is 10.1 Å². The van der Waals surface area contributed by atoms with Crippen LogP contribution in [0.1, 0.15) is 31.4 Å².